The molecule has 0 N–H and O–H groups in total. The van der Waals surface area contributed by atoms with E-state index in [-0.39, 0.29) is 24.8 Å². The van der Waals surface area contributed by atoms with E-state index < -0.39 is 0 Å². The molecule has 74 heavy (non-hydrogen) atoms. The molecule has 0 fully saturated rings. The van der Waals surface area contributed by atoms with Crippen LogP contribution in [0.1, 0.15) is 85.0 Å². The van der Waals surface area contributed by atoms with Gasteiger partial charge in [0.1, 0.15) is 0 Å². The molecular formula is C68H60Cl2O2Zr2-2. The van der Waals surface area contributed by atoms with E-state index >= 15 is 0 Å². The molecule has 2 nitrogen and oxygen atoms in total. The summed E-state index contributed by atoms with van der Waals surface area (Å²) in [6.07, 6.45) is 14.4. The van der Waals surface area contributed by atoms with Crippen LogP contribution < -0.4 is 34.3 Å². The van der Waals surface area contributed by atoms with Gasteiger partial charge >= 0.3 is 198 Å². The molecule has 0 heterocycles. The van der Waals surface area contributed by atoms with Gasteiger partial charge in [-0.05, 0) is 12.8 Å². The summed E-state index contributed by atoms with van der Waals surface area (Å²) >= 11 is 2.92. The minimum atomic E-state index is 0. The maximum atomic E-state index is 5.18. The number of hydrogen-bond donors (Lipinski definition) is 0. The van der Waals surface area contributed by atoms with Crippen LogP contribution in [0.3, 0.4) is 0 Å². The van der Waals surface area contributed by atoms with Gasteiger partial charge in [-0.15, -0.1) is 73.2 Å². The minimum absolute atomic E-state index is 0. The molecule has 4 aliphatic carbocycles. The van der Waals surface area contributed by atoms with Crippen LogP contribution in [-0.2, 0) is 61.3 Å². The van der Waals surface area contributed by atoms with E-state index in [4.69, 9.17) is 9.47 Å². The first-order valence-corrected chi connectivity index (χ1v) is 26.8. The van der Waals surface area contributed by atoms with Crippen molar-refractivity contribution in [1.82, 2.24) is 0 Å². The van der Waals surface area contributed by atoms with Gasteiger partial charge in [-0.25, -0.2) is 23.3 Å². The van der Waals surface area contributed by atoms with Gasteiger partial charge in [0.05, 0.1) is 14.2 Å². The molecule has 8 aromatic rings. The maximum absolute atomic E-state index is 5.18. The summed E-state index contributed by atoms with van der Waals surface area (Å²) in [6.45, 7) is 8.53. The number of hydrogen-bond acceptors (Lipinski definition) is 2. The zero-order valence-corrected chi connectivity index (χ0v) is 49.5. The Hall–Kier alpha value is -5.59. The number of ether oxygens (including phenoxy) is 2. The molecule has 0 saturated heterocycles. The molecule has 0 spiro atoms. The van der Waals surface area contributed by atoms with Crippen LogP contribution in [0.2, 0.25) is 0 Å². The summed E-state index contributed by atoms with van der Waals surface area (Å²) < 4.78 is 13.2. The molecule has 368 valence electrons. The Balaban J connectivity index is 0.000000167. The van der Waals surface area contributed by atoms with Crippen LogP contribution in [0.25, 0.3) is 22.3 Å². The van der Waals surface area contributed by atoms with Crippen molar-refractivity contribution in [3.63, 3.8) is 0 Å². The first-order chi connectivity index (χ1) is 35.1. The molecule has 8 aromatic carbocycles. The second-order valence-electron chi connectivity index (χ2n) is 17.7. The predicted molar refractivity (Wildman–Crippen MR) is 294 cm³/mol. The van der Waals surface area contributed by atoms with Crippen LogP contribution in [0.5, 0.6) is 11.5 Å². The number of methoxy groups -OCH3 is 2. The molecule has 0 unspecified atom stereocenters. The summed E-state index contributed by atoms with van der Waals surface area (Å²) in [4.78, 5) is 0. The molecule has 4 aliphatic rings. The fraction of sp³-hybridized carbons (Fsp3) is 0.147. The number of halogens is 2. The third-order valence-corrected chi connectivity index (χ3v) is 15.6. The standard InChI is InChI=1S/2C14H11O.2C13H10.2C7H9.2ClH.2Zr/c2*1-15-12-6-7-14-11(9-12)8-10-4-2-3-5-13(10)14;2*1-3-7-12(8-4-1)11-13-9-5-2-6-10-13;2*1-6-4-3-5-7(6)2;;;;/h2*2-7H,8H2,1H3;2*1-10H;2*4H,5H2,1-2H3;2*1H;;/q2*-1;;;2*-1;;;2*+2/p-2. The van der Waals surface area contributed by atoms with Gasteiger partial charge in [0.2, 0.25) is 0 Å². The van der Waals surface area contributed by atoms with E-state index in [2.05, 4.69) is 246 Å². The van der Waals surface area contributed by atoms with Crippen LogP contribution in [0.15, 0.2) is 229 Å². The van der Waals surface area contributed by atoms with Gasteiger partial charge in [0.25, 0.3) is 0 Å². The molecule has 0 saturated carbocycles. The van der Waals surface area contributed by atoms with E-state index in [1.54, 1.807) is 14.2 Å². The van der Waals surface area contributed by atoms with Crippen molar-refractivity contribution in [3.8, 4) is 33.8 Å². The average molecular weight is 1160 g/mol. The molecule has 0 atom stereocenters. The second kappa shape index (κ2) is 30.7. The number of benzene rings is 8. The summed E-state index contributed by atoms with van der Waals surface area (Å²) in [6, 6.07) is 74.0. The third-order valence-electron chi connectivity index (χ3n) is 12.8. The van der Waals surface area contributed by atoms with E-state index in [1.807, 2.05) is 12.1 Å². The number of fused-ring (bicyclic) bond motifs is 6. The Morgan fingerprint density at radius 3 is 0.932 bits per heavy atom. The van der Waals surface area contributed by atoms with E-state index in [0.717, 1.165) is 37.2 Å². The molecular weight excluding hydrogens is 1100 g/mol. The van der Waals surface area contributed by atoms with Crippen molar-refractivity contribution in [3.05, 3.63) is 297 Å². The Morgan fingerprint density at radius 1 is 0.378 bits per heavy atom. The van der Waals surface area contributed by atoms with Crippen molar-refractivity contribution < 1.29 is 82.8 Å². The first kappa shape index (κ1) is 59.3. The van der Waals surface area contributed by atoms with Crippen LogP contribution in [0, 0.1) is 24.3 Å². The Morgan fingerprint density at radius 2 is 0.676 bits per heavy atom. The van der Waals surface area contributed by atoms with Crippen molar-refractivity contribution in [2.24, 2.45) is 0 Å². The molecule has 0 radical (unpaired) electrons. The zero-order chi connectivity index (χ0) is 50.7. The quantitative estimate of drug-likeness (QED) is 0.155. The Kier molecular flexibility index (Phi) is 24.6. The number of rotatable bonds is 6. The normalized spacial score (nSPS) is 12.2. The topological polar surface area (TPSA) is 18.5 Å². The van der Waals surface area contributed by atoms with Crippen LogP contribution in [0.4, 0.5) is 0 Å². The zero-order valence-electron chi connectivity index (χ0n) is 43.0. The molecule has 0 bridgehead atoms. The summed E-state index contributed by atoms with van der Waals surface area (Å²) in [5, 5.41) is 0. The third kappa shape index (κ3) is 16.7. The predicted octanol–water partition coefficient (Wildman–Crippen LogP) is 9.92. The van der Waals surface area contributed by atoms with E-state index in [9.17, 15) is 0 Å². The molecule has 0 aliphatic heterocycles. The van der Waals surface area contributed by atoms with Gasteiger partial charge in [-0.1, -0.05) is 84.6 Å². The van der Waals surface area contributed by atoms with E-state index in [0.29, 0.717) is 0 Å². The van der Waals surface area contributed by atoms with Crippen molar-refractivity contribution >= 4 is 6.41 Å². The fourth-order valence-corrected chi connectivity index (χ4v) is 9.94. The summed E-state index contributed by atoms with van der Waals surface area (Å²) in [7, 11) is 3.36. The number of allylic oxidation sites excluding steroid dienone is 8. The molecule has 12 rings (SSSR count). The van der Waals surface area contributed by atoms with Crippen molar-refractivity contribution in [2.45, 2.75) is 53.4 Å². The van der Waals surface area contributed by atoms with Crippen LogP contribution >= 0.6 is 0 Å². The van der Waals surface area contributed by atoms with Crippen LogP contribution in [-0.4, -0.2) is 20.6 Å². The first-order valence-electron chi connectivity index (χ1n) is 24.3. The summed E-state index contributed by atoms with van der Waals surface area (Å²) in [5.74, 6) is 1.64. The van der Waals surface area contributed by atoms with Gasteiger partial charge in [0, 0.05) is 11.5 Å². The van der Waals surface area contributed by atoms with Crippen molar-refractivity contribution in [2.75, 3.05) is 14.2 Å². The van der Waals surface area contributed by atoms with Gasteiger partial charge in [-0.3, -0.25) is 12.2 Å². The second-order valence-corrected chi connectivity index (χ2v) is 20.2. The van der Waals surface area contributed by atoms with Crippen molar-refractivity contribution in [1.29, 1.82) is 0 Å². The van der Waals surface area contributed by atoms with Gasteiger partial charge < -0.3 is 34.3 Å². The SMILES string of the molecule is CC1=C(C)C[C-]=C1.CC1=C(C)C[C-]=C1.COc1[c-]c2c(cc1)-c1ccccc1C2.COc1[c-]c2c(cc1)-c1ccccc1C2.[Cl-].[Cl-].[Zr+2]=[C](c1ccccc1)c1ccccc1.[Zr+2]=[C](c1ccccc1)c1ccccc1. The van der Waals surface area contributed by atoms with E-state index in [1.165, 1.54) is 144 Å². The molecule has 0 aromatic heterocycles. The van der Waals surface area contributed by atoms with Gasteiger partial charge in [0.15, 0.2) is 0 Å². The average Bonchev–Trinajstić information content (AvgIpc) is 4.23. The Labute approximate surface area is 483 Å². The monoisotopic (exact) mass is 1160 g/mol. The molecule has 6 heteroatoms. The molecule has 0 amide bonds. The van der Waals surface area contributed by atoms with Gasteiger partial charge in [-0.2, -0.15) is 23.3 Å². The fourth-order valence-electron chi connectivity index (χ4n) is 8.30. The Bertz CT molecular complexity index is 2910. The summed E-state index contributed by atoms with van der Waals surface area (Å²) in [5.41, 5.74) is 21.6.